The molecule has 1 aromatic heterocycles. The Morgan fingerprint density at radius 2 is 2.06 bits per heavy atom. The van der Waals surface area contributed by atoms with Crippen molar-refractivity contribution in [1.29, 1.82) is 0 Å². The Labute approximate surface area is 107 Å². The first-order valence-electron chi connectivity index (χ1n) is 6.22. The van der Waals surface area contributed by atoms with Crippen LogP contribution in [0.2, 0.25) is 0 Å². The SMILES string of the molecule is COCC(C)C(O)Cc1ccnc2ccccc12. The fourth-order valence-corrected chi connectivity index (χ4v) is 2.13. The van der Waals surface area contributed by atoms with Crippen molar-refractivity contribution in [2.24, 2.45) is 5.92 Å². The molecular weight excluding hydrogens is 226 g/mol. The van der Waals surface area contributed by atoms with Gasteiger partial charge in [-0.15, -0.1) is 0 Å². The summed E-state index contributed by atoms with van der Waals surface area (Å²) in [6, 6.07) is 9.99. The number of fused-ring (bicyclic) bond motifs is 1. The van der Waals surface area contributed by atoms with Crippen LogP contribution < -0.4 is 0 Å². The van der Waals surface area contributed by atoms with Crippen molar-refractivity contribution in [2.75, 3.05) is 13.7 Å². The Morgan fingerprint density at radius 3 is 2.83 bits per heavy atom. The van der Waals surface area contributed by atoms with Crippen LogP contribution in [0.4, 0.5) is 0 Å². The monoisotopic (exact) mass is 245 g/mol. The van der Waals surface area contributed by atoms with Crippen molar-refractivity contribution >= 4 is 10.9 Å². The minimum absolute atomic E-state index is 0.127. The molecule has 18 heavy (non-hydrogen) atoms. The Morgan fingerprint density at radius 1 is 1.28 bits per heavy atom. The van der Waals surface area contributed by atoms with Crippen molar-refractivity contribution < 1.29 is 9.84 Å². The summed E-state index contributed by atoms with van der Waals surface area (Å²) < 4.78 is 5.08. The van der Waals surface area contributed by atoms with Crippen LogP contribution in [0, 0.1) is 5.92 Å². The maximum Gasteiger partial charge on any atom is 0.0704 e. The number of aliphatic hydroxyl groups is 1. The number of para-hydroxylation sites is 1. The van der Waals surface area contributed by atoms with E-state index in [9.17, 15) is 5.11 Å². The topological polar surface area (TPSA) is 42.4 Å². The normalized spacial score (nSPS) is 14.6. The van der Waals surface area contributed by atoms with E-state index in [-0.39, 0.29) is 5.92 Å². The lowest BCUT2D eigenvalue weighted by Gasteiger charge is -2.18. The molecule has 0 amide bonds. The predicted octanol–water partition coefficient (Wildman–Crippen LogP) is 2.42. The quantitative estimate of drug-likeness (QED) is 0.879. The second kappa shape index (κ2) is 5.94. The number of hydrogen-bond acceptors (Lipinski definition) is 3. The molecule has 2 unspecified atom stereocenters. The van der Waals surface area contributed by atoms with Crippen LogP contribution in [-0.4, -0.2) is 29.9 Å². The first kappa shape index (κ1) is 13.0. The molecule has 3 nitrogen and oxygen atoms in total. The van der Waals surface area contributed by atoms with Gasteiger partial charge < -0.3 is 9.84 Å². The lowest BCUT2D eigenvalue weighted by atomic mass is 9.96. The summed E-state index contributed by atoms with van der Waals surface area (Å²) in [6.45, 7) is 2.57. The van der Waals surface area contributed by atoms with Crippen molar-refractivity contribution in [2.45, 2.75) is 19.4 Å². The summed E-state index contributed by atoms with van der Waals surface area (Å²) in [5.41, 5.74) is 2.11. The van der Waals surface area contributed by atoms with Gasteiger partial charge in [-0.1, -0.05) is 25.1 Å². The molecule has 0 saturated carbocycles. The minimum Gasteiger partial charge on any atom is -0.392 e. The molecule has 0 saturated heterocycles. The minimum atomic E-state index is -0.393. The average Bonchev–Trinajstić information content (AvgIpc) is 2.39. The number of nitrogens with zero attached hydrogens (tertiary/aromatic N) is 1. The molecule has 2 rings (SSSR count). The zero-order chi connectivity index (χ0) is 13.0. The molecule has 0 spiro atoms. The van der Waals surface area contributed by atoms with Gasteiger partial charge in [-0.2, -0.15) is 0 Å². The molecule has 0 fully saturated rings. The van der Waals surface area contributed by atoms with Gasteiger partial charge in [0.1, 0.15) is 0 Å². The fraction of sp³-hybridized carbons (Fsp3) is 0.400. The lowest BCUT2D eigenvalue weighted by Crippen LogP contribution is -2.24. The van der Waals surface area contributed by atoms with Gasteiger partial charge in [0, 0.05) is 24.6 Å². The first-order valence-corrected chi connectivity index (χ1v) is 6.22. The summed E-state index contributed by atoms with van der Waals surface area (Å²) in [5.74, 6) is 0.127. The number of ether oxygens (including phenoxy) is 1. The molecule has 0 aliphatic rings. The first-order chi connectivity index (χ1) is 8.72. The second-order valence-corrected chi connectivity index (χ2v) is 4.69. The van der Waals surface area contributed by atoms with Crippen LogP contribution in [0.25, 0.3) is 10.9 Å². The van der Waals surface area contributed by atoms with E-state index >= 15 is 0 Å². The number of pyridine rings is 1. The molecule has 1 N–H and O–H groups in total. The fourth-order valence-electron chi connectivity index (χ4n) is 2.13. The Hall–Kier alpha value is -1.45. The van der Waals surface area contributed by atoms with E-state index in [4.69, 9.17) is 4.74 Å². The van der Waals surface area contributed by atoms with E-state index in [0.29, 0.717) is 13.0 Å². The van der Waals surface area contributed by atoms with E-state index in [0.717, 1.165) is 16.5 Å². The maximum absolute atomic E-state index is 10.2. The third-order valence-corrected chi connectivity index (χ3v) is 3.25. The van der Waals surface area contributed by atoms with E-state index in [1.807, 2.05) is 37.3 Å². The Bertz CT molecular complexity index is 507. The van der Waals surface area contributed by atoms with Crippen LogP contribution in [0.5, 0.6) is 0 Å². The molecule has 96 valence electrons. The molecule has 2 atom stereocenters. The highest BCUT2D eigenvalue weighted by Crippen LogP contribution is 2.19. The molecule has 1 heterocycles. The summed E-state index contributed by atoms with van der Waals surface area (Å²) in [7, 11) is 1.66. The summed E-state index contributed by atoms with van der Waals surface area (Å²) in [5, 5.41) is 11.3. The number of rotatable bonds is 5. The molecule has 0 radical (unpaired) electrons. The van der Waals surface area contributed by atoms with Gasteiger partial charge in [0.2, 0.25) is 0 Å². The molecule has 3 heteroatoms. The van der Waals surface area contributed by atoms with Crippen LogP contribution in [0.15, 0.2) is 36.5 Å². The zero-order valence-electron chi connectivity index (χ0n) is 10.8. The highest BCUT2D eigenvalue weighted by Gasteiger charge is 2.15. The molecule has 0 bridgehead atoms. The third-order valence-electron chi connectivity index (χ3n) is 3.25. The van der Waals surface area contributed by atoms with Crippen LogP contribution in [-0.2, 0) is 11.2 Å². The predicted molar refractivity (Wildman–Crippen MR) is 72.5 cm³/mol. The number of benzene rings is 1. The molecule has 2 aromatic rings. The largest absolute Gasteiger partial charge is 0.392 e. The van der Waals surface area contributed by atoms with Gasteiger partial charge in [0.25, 0.3) is 0 Å². The van der Waals surface area contributed by atoms with Crippen LogP contribution >= 0.6 is 0 Å². The molecule has 0 aliphatic heterocycles. The summed E-state index contributed by atoms with van der Waals surface area (Å²) in [6.07, 6.45) is 2.04. The molecule has 0 aliphatic carbocycles. The van der Waals surface area contributed by atoms with Gasteiger partial charge in [-0.05, 0) is 24.1 Å². The number of hydrogen-bond donors (Lipinski definition) is 1. The van der Waals surface area contributed by atoms with Gasteiger partial charge in [-0.3, -0.25) is 4.98 Å². The molecule has 1 aromatic carbocycles. The maximum atomic E-state index is 10.2. The van der Waals surface area contributed by atoms with Gasteiger partial charge in [0.05, 0.1) is 18.2 Å². The van der Waals surface area contributed by atoms with Crippen molar-refractivity contribution in [1.82, 2.24) is 4.98 Å². The summed E-state index contributed by atoms with van der Waals surface area (Å²) in [4.78, 5) is 4.32. The van der Waals surface area contributed by atoms with Gasteiger partial charge >= 0.3 is 0 Å². The van der Waals surface area contributed by atoms with E-state index in [2.05, 4.69) is 4.98 Å². The van der Waals surface area contributed by atoms with Crippen molar-refractivity contribution in [3.05, 3.63) is 42.1 Å². The van der Waals surface area contributed by atoms with Gasteiger partial charge in [0.15, 0.2) is 0 Å². The smallest absolute Gasteiger partial charge is 0.0704 e. The van der Waals surface area contributed by atoms with Crippen LogP contribution in [0.1, 0.15) is 12.5 Å². The summed E-state index contributed by atoms with van der Waals surface area (Å²) >= 11 is 0. The number of aliphatic hydroxyl groups excluding tert-OH is 1. The Kier molecular flexibility index (Phi) is 4.28. The highest BCUT2D eigenvalue weighted by atomic mass is 16.5. The number of aromatic nitrogens is 1. The van der Waals surface area contributed by atoms with Crippen molar-refractivity contribution in [3.8, 4) is 0 Å². The Balaban J connectivity index is 2.21. The van der Waals surface area contributed by atoms with Crippen molar-refractivity contribution in [3.63, 3.8) is 0 Å². The zero-order valence-corrected chi connectivity index (χ0v) is 10.8. The van der Waals surface area contributed by atoms with E-state index < -0.39 is 6.10 Å². The highest BCUT2D eigenvalue weighted by molar-refractivity contribution is 5.81. The van der Waals surface area contributed by atoms with Crippen LogP contribution in [0.3, 0.4) is 0 Å². The van der Waals surface area contributed by atoms with E-state index in [1.165, 1.54) is 0 Å². The van der Waals surface area contributed by atoms with Gasteiger partial charge in [-0.25, -0.2) is 0 Å². The number of methoxy groups -OCH3 is 1. The average molecular weight is 245 g/mol. The third kappa shape index (κ3) is 2.86. The molecular formula is C15H19NO2. The van der Waals surface area contributed by atoms with E-state index in [1.54, 1.807) is 13.3 Å². The lowest BCUT2D eigenvalue weighted by molar-refractivity contribution is 0.0576. The standard InChI is InChI=1S/C15H19NO2/c1-11(10-18-2)15(17)9-12-7-8-16-14-6-4-3-5-13(12)14/h3-8,11,15,17H,9-10H2,1-2H3. The second-order valence-electron chi connectivity index (χ2n) is 4.69.